The molecule has 1 saturated heterocycles. The highest BCUT2D eigenvalue weighted by molar-refractivity contribution is 6.03. The molecule has 2 aromatic rings. The van der Waals surface area contributed by atoms with Crippen molar-refractivity contribution in [1.82, 2.24) is 9.88 Å². The second kappa shape index (κ2) is 8.80. The predicted molar refractivity (Wildman–Crippen MR) is 107 cm³/mol. The molecule has 2 amide bonds. The number of pyridine rings is 1. The topological polar surface area (TPSA) is 62.3 Å². The molecule has 1 fully saturated rings. The Hall–Kier alpha value is -2.69. The summed E-state index contributed by atoms with van der Waals surface area (Å²) in [6.45, 7) is 5.78. The number of aromatic nitrogens is 1. The van der Waals surface area contributed by atoms with E-state index in [4.69, 9.17) is 0 Å². The number of hydrogen-bond acceptors (Lipinski definition) is 3. The molecule has 0 unspecified atom stereocenters. The van der Waals surface area contributed by atoms with E-state index in [1.54, 1.807) is 18.2 Å². The summed E-state index contributed by atoms with van der Waals surface area (Å²) in [7, 11) is 0. The maximum Gasteiger partial charge on any atom is 0.274 e. The first-order chi connectivity index (χ1) is 13.0. The minimum Gasteiger partial charge on any atom is -0.337 e. The van der Waals surface area contributed by atoms with Crippen molar-refractivity contribution in [1.29, 1.82) is 0 Å². The van der Waals surface area contributed by atoms with Crippen LogP contribution in [0.4, 0.5) is 5.69 Å². The molecule has 0 bridgehead atoms. The molecular formula is C22H27N3O2. The Morgan fingerprint density at radius 1 is 0.926 bits per heavy atom. The Kier molecular flexibility index (Phi) is 6.22. The van der Waals surface area contributed by atoms with Crippen LogP contribution < -0.4 is 5.32 Å². The standard InChI is InChI=1S/C22H27N3O2/c1-16(2)17-10-12-18(13-11-17)23-21(26)19-8-7-9-20(24-19)22(27)25-14-5-3-4-6-15-25/h7-13,16H,3-6,14-15H2,1-2H3,(H,23,26). The van der Waals surface area contributed by atoms with Crippen LogP contribution in [0.15, 0.2) is 42.5 Å². The third-order valence-electron chi connectivity index (χ3n) is 4.93. The van der Waals surface area contributed by atoms with E-state index in [0.717, 1.165) is 44.5 Å². The molecule has 0 atom stereocenters. The van der Waals surface area contributed by atoms with Crippen LogP contribution in [0, 0.1) is 0 Å². The van der Waals surface area contributed by atoms with Crippen LogP contribution in [0.1, 0.15) is 72.0 Å². The molecule has 5 heteroatoms. The van der Waals surface area contributed by atoms with Crippen molar-refractivity contribution in [3.8, 4) is 0 Å². The van der Waals surface area contributed by atoms with Gasteiger partial charge in [0.1, 0.15) is 11.4 Å². The Morgan fingerprint density at radius 2 is 1.56 bits per heavy atom. The van der Waals surface area contributed by atoms with Gasteiger partial charge in [0.05, 0.1) is 0 Å². The number of amides is 2. The van der Waals surface area contributed by atoms with Gasteiger partial charge in [0.15, 0.2) is 0 Å². The summed E-state index contributed by atoms with van der Waals surface area (Å²) in [5.74, 6) is 0.0451. The quantitative estimate of drug-likeness (QED) is 0.869. The number of carbonyl (C=O) groups is 2. The van der Waals surface area contributed by atoms with Crippen molar-refractivity contribution >= 4 is 17.5 Å². The minimum atomic E-state index is -0.308. The highest BCUT2D eigenvalue weighted by Gasteiger charge is 2.19. The molecule has 1 aliphatic rings. The lowest BCUT2D eigenvalue weighted by Crippen LogP contribution is -2.32. The SMILES string of the molecule is CC(C)c1ccc(NC(=O)c2cccc(C(=O)N3CCCCCC3)n2)cc1. The molecule has 0 radical (unpaired) electrons. The second-order valence-electron chi connectivity index (χ2n) is 7.35. The zero-order valence-corrected chi connectivity index (χ0v) is 16.1. The molecule has 1 aromatic heterocycles. The van der Waals surface area contributed by atoms with Gasteiger partial charge in [-0.15, -0.1) is 0 Å². The molecule has 5 nitrogen and oxygen atoms in total. The Morgan fingerprint density at radius 3 is 2.19 bits per heavy atom. The van der Waals surface area contributed by atoms with E-state index >= 15 is 0 Å². The van der Waals surface area contributed by atoms with Crippen molar-refractivity contribution in [2.24, 2.45) is 0 Å². The van der Waals surface area contributed by atoms with Crippen LogP contribution in [0.2, 0.25) is 0 Å². The Labute approximate surface area is 160 Å². The van der Waals surface area contributed by atoms with Gasteiger partial charge >= 0.3 is 0 Å². The average Bonchev–Trinajstić information content (AvgIpc) is 2.97. The van der Waals surface area contributed by atoms with Crippen LogP contribution in [-0.2, 0) is 0 Å². The first kappa shape index (κ1) is 19.1. The van der Waals surface area contributed by atoms with Gasteiger partial charge in [-0.25, -0.2) is 4.98 Å². The number of benzene rings is 1. The van der Waals surface area contributed by atoms with E-state index in [0.29, 0.717) is 11.6 Å². The number of anilines is 1. The lowest BCUT2D eigenvalue weighted by Gasteiger charge is -2.19. The van der Waals surface area contributed by atoms with Gasteiger partial charge in [0, 0.05) is 18.8 Å². The van der Waals surface area contributed by atoms with Crippen LogP contribution in [0.25, 0.3) is 0 Å². The number of carbonyl (C=O) groups excluding carboxylic acids is 2. The molecule has 2 heterocycles. The van der Waals surface area contributed by atoms with Crippen molar-refractivity contribution in [3.05, 3.63) is 59.4 Å². The summed E-state index contributed by atoms with van der Waals surface area (Å²) in [5.41, 5.74) is 2.52. The summed E-state index contributed by atoms with van der Waals surface area (Å²) in [4.78, 5) is 31.4. The number of nitrogens with zero attached hydrogens (tertiary/aromatic N) is 2. The van der Waals surface area contributed by atoms with Crippen LogP contribution in [0.3, 0.4) is 0 Å². The highest BCUT2D eigenvalue weighted by Crippen LogP contribution is 2.18. The normalized spacial score (nSPS) is 14.7. The smallest absolute Gasteiger partial charge is 0.274 e. The number of nitrogens with one attached hydrogen (secondary N) is 1. The summed E-state index contributed by atoms with van der Waals surface area (Å²) in [5, 5.41) is 2.85. The minimum absolute atomic E-state index is 0.0900. The molecular weight excluding hydrogens is 338 g/mol. The molecule has 142 valence electrons. The summed E-state index contributed by atoms with van der Waals surface area (Å²) >= 11 is 0. The zero-order chi connectivity index (χ0) is 19.2. The van der Waals surface area contributed by atoms with E-state index in [1.807, 2.05) is 29.2 Å². The summed E-state index contributed by atoms with van der Waals surface area (Å²) in [6, 6.07) is 12.8. The predicted octanol–water partition coefficient (Wildman–Crippen LogP) is 4.47. The van der Waals surface area contributed by atoms with E-state index in [9.17, 15) is 9.59 Å². The zero-order valence-electron chi connectivity index (χ0n) is 16.1. The fourth-order valence-corrected chi connectivity index (χ4v) is 3.26. The Bertz CT molecular complexity index is 791. The van der Waals surface area contributed by atoms with E-state index in [2.05, 4.69) is 24.1 Å². The van der Waals surface area contributed by atoms with Crippen molar-refractivity contribution in [2.45, 2.75) is 45.4 Å². The van der Waals surface area contributed by atoms with Gasteiger partial charge in [-0.3, -0.25) is 9.59 Å². The summed E-state index contributed by atoms with van der Waals surface area (Å²) in [6.07, 6.45) is 4.38. The van der Waals surface area contributed by atoms with Gasteiger partial charge in [0.2, 0.25) is 0 Å². The van der Waals surface area contributed by atoms with Gasteiger partial charge < -0.3 is 10.2 Å². The second-order valence-corrected chi connectivity index (χ2v) is 7.35. The number of rotatable bonds is 4. The fourth-order valence-electron chi connectivity index (χ4n) is 3.26. The molecule has 0 saturated carbocycles. The fraction of sp³-hybridized carbons (Fsp3) is 0.409. The monoisotopic (exact) mass is 365 g/mol. The van der Waals surface area contributed by atoms with Gasteiger partial charge in [-0.2, -0.15) is 0 Å². The molecule has 1 aliphatic heterocycles. The van der Waals surface area contributed by atoms with Crippen LogP contribution in [-0.4, -0.2) is 34.8 Å². The first-order valence-electron chi connectivity index (χ1n) is 9.72. The van der Waals surface area contributed by atoms with Gasteiger partial charge in [-0.1, -0.05) is 44.9 Å². The lowest BCUT2D eigenvalue weighted by molar-refractivity contribution is 0.0755. The van der Waals surface area contributed by atoms with Crippen molar-refractivity contribution in [3.63, 3.8) is 0 Å². The van der Waals surface area contributed by atoms with Crippen LogP contribution >= 0.6 is 0 Å². The van der Waals surface area contributed by atoms with Gasteiger partial charge in [-0.05, 0) is 48.6 Å². The lowest BCUT2D eigenvalue weighted by atomic mass is 10.0. The maximum atomic E-state index is 12.7. The summed E-state index contributed by atoms with van der Waals surface area (Å²) < 4.78 is 0. The molecule has 1 N–H and O–H groups in total. The third-order valence-corrected chi connectivity index (χ3v) is 4.93. The van der Waals surface area contributed by atoms with Crippen molar-refractivity contribution in [2.75, 3.05) is 18.4 Å². The van der Waals surface area contributed by atoms with E-state index in [1.165, 1.54) is 5.56 Å². The molecule has 27 heavy (non-hydrogen) atoms. The van der Waals surface area contributed by atoms with E-state index < -0.39 is 0 Å². The average molecular weight is 365 g/mol. The highest BCUT2D eigenvalue weighted by atomic mass is 16.2. The molecule has 3 rings (SSSR count). The van der Waals surface area contributed by atoms with Gasteiger partial charge in [0.25, 0.3) is 11.8 Å². The molecule has 0 aliphatic carbocycles. The largest absolute Gasteiger partial charge is 0.337 e. The first-order valence-corrected chi connectivity index (χ1v) is 9.72. The van der Waals surface area contributed by atoms with E-state index in [-0.39, 0.29) is 17.5 Å². The molecule has 0 spiro atoms. The molecule has 1 aromatic carbocycles. The number of hydrogen-bond donors (Lipinski definition) is 1. The number of likely N-dealkylation sites (tertiary alicyclic amines) is 1. The van der Waals surface area contributed by atoms with Crippen molar-refractivity contribution < 1.29 is 9.59 Å². The third kappa shape index (κ3) is 4.94. The maximum absolute atomic E-state index is 12.7. The Balaban J connectivity index is 1.70. The van der Waals surface area contributed by atoms with Crippen LogP contribution in [0.5, 0.6) is 0 Å².